The molecule has 0 saturated heterocycles. The highest BCUT2D eigenvalue weighted by molar-refractivity contribution is 5.12. The molecule has 2 bridgehead atoms. The fourth-order valence-electron chi connectivity index (χ4n) is 3.71. The molecule has 2 aliphatic rings. The highest BCUT2D eigenvalue weighted by Crippen LogP contribution is 2.72. The lowest BCUT2D eigenvalue weighted by molar-refractivity contribution is -0.0111. The first-order valence-corrected chi connectivity index (χ1v) is 7.31. The molecule has 0 heteroatoms. The summed E-state index contributed by atoms with van der Waals surface area (Å²) in [6.45, 7) is 20.4. The van der Waals surface area contributed by atoms with Crippen LogP contribution in [0.25, 0.3) is 0 Å². The molecule has 0 aliphatic heterocycles. The summed E-state index contributed by atoms with van der Waals surface area (Å²) < 4.78 is 0. The summed E-state index contributed by atoms with van der Waals surface area (Å²) in [7, 11) is 0. The quantitative estimate of drug-likeness (QED) is 0.452. The van der Waals surface area contributed by atoms with Crippen LogP contribution in [0.2, 0.25) is 0 Å². The molecule has 2 fully saturated rings. The molecule has 0 heterocycles. The van der Waals surface area contributed by atoms with E-state index in [2.05, 4.69) is 34.6 Å². The molecule has 17 heavy (non-hydrogen) atoms. The van der Waals surface area contributed by atoms with Gasteiger partial charge in [0.05, 0.1) is 0 Å². The van der Waals surface area contributed by atoms with Crippen LogP contribution in [0.3, 0.4) is 0 Å². The Bertz CT molecular complexity index is 205. The number of hydrogen-bond donors (Lipinski definition) is 0. The molecule has 0 spiro atoms. The minimum atomic E-state index is 0. The molecule has 2 aliphatic carbocycles. The van der Waals surface area contributed by atoms with Crippen LogP contribution in [0.15, 0.2) is 0 Å². The lowest BCUT2D eigenvalue weighted by atomic mass is 9.55. The second kappa shape index (κ2) is 6.25. The van der Waals surface area contributed by atoms with Gasteiger partial charge in [-0.3, -0.25) is 0 Å². The summed E-state index contributed by atoms with van der Waals surface area (Å²) in [5.74, 6) is 0.998. The molecular weight excluding hydrogens is 204 g/mol. The van der Waals surface area contributed by atoms with E-state index in [1.165, 1.54) is 19.3 Å². The van der Waals surface area contributed by atoms with E-state index in [4.69, 9.17) is 0 Å². The molecule has 0 aromatic heterocycles. The first kappa shape index (κ1) is 19.3. The maximum atomic E-state index is 2.50. The first-order chi connectivity index (χ1) is 7.31. The van der Waals surface area contributed by atoms with Gasteiger partial charge in [0.1, 0.15) is 0 Å². The third kappa shape index (κ3) is 2.56. The van der Waals surface area contributed by atoms with E-state index in [0.29, 0.717) is 16.2 Å². The van der Waals surface area contributed by atoms with Crippen LogP contribution in [-0.2, 0) is 0 Å². The molecule has 106 valence electrons. The molecule has 0 radical (unpaired) electrons. The van der Waals surface area contributed by atoms with Gasteiger partial charge in [-0.2, -0.15) is 0 Å². The van der Waals surface area contributed by atoms with E-state index < -0.39 is 0 Å². The van der Waals surface area contributed by atoms with Crippen molar-refractivity contribution in [1.82, 2.24) is 0 Å². The summed E-state index contributed by atoms with van der Waals surface area (Å²) in [4.78, 5) is 0. The van der Waals surface area contributed by atoms with Gasteiger partial charge in [-0.05, 0) is 41.4 Å². The highest BCUT2D eigenvalue weighted by Gasteiger charge is 2.63. The van der Waals surface area contributed by atoms with Crippen LogP contribution in [0.1, 0.15) is 89.0 Å². The van der Waals surface area contributed by atoms with Crippen molar-refractivity contribution < 1.29 is 0 Å². The van der Waals surface area contributed by atoms with Crippen LogP contribution >= 0.6 is 0 Å². The summed E-state index contributed by atoms with van der Waals surface area (Å²) in [6.07, 6.45) is 4.42. The van der Waals surface area contributed by atoms with Gasteiger partial charge in [0, 0.05) is 0 Å². The van der Waals surface area contributed by atoms with Crippen LogP contribution in [0.4, 0.5) is 0 Å². The zero-order valence-electron chi connectivity index (χ0n) is 13.2. The number of fused-ring (bicyclic) bond motifs is 2. The summed E-state index contributed by atoms with van der Waals surface area (Å²) in [5.41, 5.74) is 1.75. The van der Waals surface area contributed by atoms with E-state index in [9.17, 15) is 0 Å². The van der Waals surface area contributed by atoms with E-state index in [-0.39, 0.29) is 7.43 Å². The van der Waals surface area contributed by atoms with Crippen LogP contribution in [0.5, 0.6) is 0 Å². The Balaban J connectivity index is 0. The second-order valence-corrected chi connectivity index (χ2v) is 6.35. The minimum absolute atomic E-state index is 0. The predicted octanol–water partition coefficient (Wildman–Crippen LogP) is 6.55. The Morgan fingerprint density at radius 2 is 1.24 bits per heavy atom. The van der Waals surface area contributed by atoms with E-state index in [0.717, 1.165) is 5.92 Å². The molecule has 0 aromatic rings. The molecule has 2 rings (SSSR count). The molecule has 0 amide bonds. The Morgan fingerprint density at radius 1 is 0.824 bits per heavy atom. The lowest BCUT2D eigenvalue weighted by Crippen LogP contribution is -2.42. The standard InChI is InChI=1S/C12H22.2C2H6.CH4/c1-10(2)9-6-7-12(5,8-9)11(10,3)4;2*1-2;/h9H,6-8H2,1-5H3;2*1-2H3;1H4. The van der Waals surface area contributed by atoms with Crippen molar-refractivity contribution >= 4 is 0 Å². The highest BCUT2D eigenvalue weighted by atomic mass is 14.7. The fourth-order valence-corrected chi connectivity index (χ4v) is 3.71. The molecule has 0 nitrogen and oxygen atoms in total. The normalized spacial score (nSPS) is 34.8. The van der Waals surface area contributed by atoms with Gasteiger partial charge >= 0.3 is 0 Å². The summed E-state index contributed by atoms with van der Waals surface area (Å²) in [5, 5.41) is 0. The lowest BCUT2D eigenvalue weighted by Gasteiger charge is -2.50. The molecule has 2 atom stereocenters. The van der Waals surface area contributed by atoms with Crippen LogP contribution in [0, 0.1) is 22.2 Å². The maximum absolute atomic E-state index is 2.50. The Hall–Kier alpha value is 0. The smallest absolute Gasteiger partial charge is 0.0246 e. The Kier molecular flexibility index (Phi) is 7.11. The number of rotatable bonds is 0. The molecular formula is C17H38. The average molecular weight is 242 g/mol. The topological polar surface area (TPSA) is 0 Å². The van der Waals surface area contributed by atoms with Crippen molar-refractivity contribution in [2.24, 2.45) is 22.2 Å². The zero-order chi connectivity index (χ0) is 13.2. The van der Waals surface area contributed by atoms with Crippen molar-refractivity contribution in [2.75, 3.05) is 0 Å². The molecule has 0 aromatic carbocycles. The van der Waals surface area contributed by atoms with Crippen LogP contribution in [-0.4, -0.2) is 0 Å². The van der Waals surface area contributed by atoms with Gasteiger partial charge in [-0.25, -0.2) is 0 Å². The van der Waals surface area contributed by atoms with Crippen molar-refractivity contribution in [3.05, 3.63) is 0 Å². The average Bonchev–Trinajstić information content (AvgIpc) is 2.72. The van der Waals surface area contributed by atoms with Gasteiger partial charge in [0.2, 0.25) is 0 Å². The van der Waals surface area contributed by atoms with Gasteiger partial charge in [0.15, 0.2) is 0 Å². The molecule has 2 unspecified atom stereocenters. The van der Waals surface area contributed by atoms with Gasteiger partial charge in [-0.15, -0.1) is 0 Å². The largest absolute Gasteiger partial charge is 0.0776 e. The molecule has 2 saturated carbocycles. The Morgan fingerprint density at radius 3 is 1.41 bits per heavy atom. The SMILES string of the molecule is C.CC.CC.CC12CCC(C1)C(C)(C)C2(C)C. The van der Waals surface area contributed by atoms with Gasteiger partial charge < -0.3 is 0 Å². The first-order valence-electron chi connectivity index (χ1n) is 7.31. The summed E-state index contributed by atoms with van der Waals surface area (Å²) in [6, 6.07) is 0. The van der Waals surface area contributed by atoms with E-state index in [1.54, 1.807) is 0 Å². The zero-order valence-corrected chi connectivity index (χ0v) is 13.2. The fraction of sp³-hybridized carbons (Fsp3) is 1.00. The van der Waals surface area contributed by atoms with Crippen molar-refractivity contribution in [1.29, 1.82) is 0 Å². The minimum Gasteiger partial charge on any atom is -0.0776 e. The predicted molar refractivity (Wildman–Crippen MR) is 82.4 cm³/mol. The third-order valence-electron chi connectivity index (χ3n) is 5.88. The monoisotopic (exact) mass is 242 g/mol. The van der Waals surface area contributed by atoms with Crippen molar-refractivity contribution in [3.63, 3.8) is 0 Å². The number of hydrogen-bond acceptors (Lipinski definition) is 0. The second-order valence-electron chi connectivity index (χ2n) is 6.35. The Labute approximate surface area is 112 Å². The molecule has 0 N–H and O–H groups in total. The maximum Gasteiger partial charge on any atom is -0.0246 e. The van der Waals surface area contributed by atoms with Crippen LogP contribution < -0.4 is 0 Å². The van der Waals surface area contributed by atoms with E-state index in [1.807, 2.05) is 27.7 Å². The summed E-state index contributed by atoms with van der Waals surface area (Å²) >= 11 is 0. The van der Waals surface area contributed by atoms with Crippen molar-refractivity contribution in [2.45, 2.75) is 89.0 Å². The van der Waals surface area contributed by atoms with Gasteiger partial charge in [-0.1, -0.05) is 69.7 Å². The van der Waals surface area contributed by atoms with Gasteiger partial charge in [0.25, 0.3) is 0 Å². The van der Waals surface area contributed by atoms with E-state index >= 15 is 0 Å². The van der Waals surface area contributed by atoms with Crippen molar-refractivity contribution in [3.8, 4) is 0 Å². The third-order valence-corrected chi connectivity index (χ3v) is 5.88.